The Morgan fingerprint density at radius 2 is 2.12 bits per heavy atom. The number of ether oxygens (including phenoxy) is 1. The molecule has 1 aromatic rings. The quantitative estimate of drug-likeness (QED) is 0.754. The van der Waals surface area contributed by atoms with Crippen LogP contribution in [0, 0.1) is 11.3 Å². The molecule has 3 nitrogen and oxygen atoms in total. The Kier molecular flexibility index (Phi) is 4.22. The van der Waals surface area contributed by atoms with Gasteiger partial charge in [0.15, 0.2) is 0 Å². The van der Waals surface area contributed by atoms with Crippen molar-refractivity contribution in [1.29, 1.82) is 5.26 Å². The van der Waals surface area contributed by atoms with Crippen molar-refractivity contribution in [2.45, 2.75) is 32.0 Å². The molecule has 0 bridgehead atoms. The summed E-state index contributed by atoms with van der Waals surface area (Å²) < 4.78 is 19.2. The van der Waals surface area contributed by atoms with Gasteiger partial charge < -0.3 is 4.74 Å². The average Bonchev–Trinajstić information content (AvgIpc) is 2.38. The minimum absolute atomic E-state index is 0.00389. The number of esters is 1. The van der Waals surface area contributed by atoms with Gasteiger partial charge in [-0.15, -0.1) is 0 Å². The van der Waals surface area contributed by atoms with Gasteiger partial charge in [0.1, 0.15) is 6.07 Å². The van der Waals surface area contributed by atoms with Gasteiger partial charge in [0.05, 0.1) is 6.10 Å². The summed E-state index contributed by atoms with van der Waals surface area (Å²) in [6.07, 6.45) is 0.164. The van der Waals surface area contributed by atoms with E-state index in [0.717, 1.165) is 0 Å². The molecule has 0 aliphatic rings. The standard InChI is InChI=1S/C13H14FNO2/c1-3-10(2)17-12(16)13(14,9-15)11-7-5-4-6-8-11/h4-8,10H,3H2,1-2H3. The highest BCUT2D eigenvalue weighted by Gasteiger charge is 2.43. The Balaban J connectivity index is 2.98. The van der Waals surface area contributed by atoms with Gasteiger partial charge in [0.25, 0.3) is 0 Å². The number of alkyl halides is 1. The van der Waals surface area contributed by atoms with Gasteiger partial charge in [-0.3, -0.25) is 0 Å². The highest BCUT2D eigenvalue weighted by molar-refractivity contribution is 5.84. The summed E-state index contributed by atoms with van der Waals surface area (Å²) in [6.45, 7) is 3.47. The lowest BCUT2D eigenvalue weighted by Gasteiger charge is -2.19. The van der Waals surface area contributed by atoms with E-state index in [9.17, 15) is 9.18 Å². The molecule has 0 aliphatic carbocycles. The first-order valence-corrected chi connectivity index (χ1v) is 5.41. The first-order valence-electron chi connectivity index (χ1n) is 5.41. The Labute approximate surface area is 99.8 Å². The minimum Gasteiger partial charge on any atom is -0.459 e. The topological polar surface area (TPSA) is 50.1 Å². The smallest absolute Gasteiger partial charge is 0.364 e. The van der Waals surface area contributed by atoms with E-state index in [1.54, 1.807) is 25.1 Å². The van der Waals surface area contributed by atoms with Crippen molar-refractivity contribution in [3.05, 3.63) is 35.9 Å². The Hall–Kier alpha value is -1.89. The van der Waals surface area contributed by atoms with Crippen molar-refractivity contribution in [3.63, 3.8) is 0 Å². The maximum Gasteiger partial charge on any atom is 0.364 e. The fourth-order valence-corrected chi connectivity index (χ4v) is 1.24. The summed E-state index contributed by atoms with van der Waals surface area (Å²) in [5, 5.41) is 8.87. The van der Waals surface area contributed by atoms with Crippen molar-refractivity contribution in [2.24, 2.45) is 0 Å². The molecule has 0 aromatic heterocycles. The van der Waals surface area contributed by atoms with E-state index in [1.165, 1.54) is 18.2 Å². The SMILES string of the molecule is CCC(C)OC(=O)C(F)(C#N)c1ccccc1. The van der Waals surface area contributed by atoms with Crippen LogP contribution >= 0.6 is 0 Å². The monoisotopic (exact) mass is 235 g/mol. The Bertz CT molecular complexity index is 427. The molecule has 0 spiro atoms. The van der Waals surface area contributed by atoms with Crippen LogP contribution in [-0.4, -0.2) is 12.1 Å². The zero-order valence-electron chi connectivity index (χ0n) is 9.81. The van der Waals surface area contributed by atoms with E-state index in [4.69, 9.17) is 10.00 Å². The Morgan fingerprint density at radius 3 is 2.59 bits per heavy atom. The predicted molar refractivity (Wildman–Crippen MR) is 60.7 cm³/mol. The highest BCUT2D eigenvalue weighted by Crippen LogP contribution is 2.27. The molecule has 2 atom stereocenters. The third-order valence-corrected chi connectivity index (χ3v) is 2.49. The van der Waals surface area contributed by atoms with Crippen LogP contribution in [0.15, 0.2) is 30.3 Å². The zero-order chi connectivity index (χ0) is 12.9. The predicted octanol–water partition coefficient (Wildman–Crippen LogP) is 2.72. The molecule has 17 heavy (non-hydrogen) atoms. The van der Waals surface area contributed by atoms with Crippen molar-refractivity contribution >= 4 is 5.97 Å². The first-order chi connectivity index (χ1) is 8.04. The van der Waals surface area contributed by atoms with Crippen LogP contribution in [0.2, 0.25) is 0 Å². The number of benzene rings is 1. The molecule has 0 saturated carbocycles. The fourth-order valence-electron chi connectivity index (χ4n) is 1.24. The van der Waals surface area contributed by atoms with Crippen LogP contribution in [-0.2, 0) is 15.2 Å². The summed E-state index contributed by atoms with van der Waals surface area (Å²) in [7, 11) is 0. The normalized spacial score (nSPS) is 15.4. The molecule has 0 saturated heterocycles. The molecule has 0 N–H and O–H groups in total. The highest BCUT2D eigenvalue weighted by atomic mass is 19.1. The van der Waals surface area contributed by atoms with Crippen molar-refractivity contribution in [3.8, 4) is 6.07 Å². The summed E-state index contributed by atoms with van der Waals surface area (Å²) >= 11 is 0. The second-order valence-corrected chi connectivity index (χ2v) is 3.76. The van der Waals surface area contributed by atoms with Gasteiger partial charge in [-0.25, -0.2) is 9.18 Å². The first kappa shape index (κ1) is 13.2. The lowest BCUT2D eigenvalue weighted by molar-refractivity contribution is -0.159. The summed E-state index contributed by atoms with van der Waals surface area (Å²) in [4.78, 5) is 11.6. The van der Waals surface area contributed by atoms with E-state index in [1.807, 2.05) is 6.92 Å². The number of halogens is 1. The maximum atomic E-state index is 14.3. The van der Waals surface area contributed by atoms with Crippen LogP contribution in [0.3, 0.4) is 0 Å². The van der Waals surface area contributed by atoms with Gasteiger partial charge in [-0.2, -0.15) is 5.26 Å². The molecule has 2 unspecified atom stereocenters. The minimum atomic E-state index is -2.73. The third kappa shape index (κ3) is 2.82. The molecule has 0 amide bonds. The lowest BCUT2D eigenvalue weighted by Crippen LogP contribution is -2.33. The van der Waals surface area contributed by atoms with Gasteiger partial charge in [-0.1, -0.05) is 37.3 Å². The van der Waals surface area contributed by atoms with Crippen molar-refractivity contribution < 1.29 is 13.9 Å². The van der Waals surface area contributed by atoms with Crippen molar-refractivity contribution in [1.82, 2.24) is 0 Å². The zero-order valence-corrected chi connectivity index (χ0v) is 9.81. The van der Waals surface area contributed by atoms with Crippen LogP contribution in [0.5, 0.6) is 0 Å². The summed E-state index contributed by atoms with van der Waals surface area (Å²) in [6, 6.07) is 8.98. The van der Waals surface area contributed by atoms with Crippen LogP contribution in [0.25, 0.3) is 0 Å². The number of hydrogen-bond donors (Lipinski definition) is 0. The number of nitrogens with zero attached hydrogens (tertiary/aromatic N) is 1. The lowest BCUT2D eigenvalue weighted by atomic mass is 9.97. The Morgan fingerprint density at radius 1 is 1.53 bits per heavy atom. The molecule has 0 heterocycles. The number of carbonyl (C=O) groups is 1. The van der Waals surface area contributed by atoms with Gasteiger partial charge >= 0.3 is 11.6 Å². The second-order valence-electron chi connectivity index (χ2n) is 3.76. The van der Waals surface area contributed by atoms with Crippen LogP contribution < -0.4 is 0 Å². The van der Waals surface area contributed by atoms with E-state index in [2.05, 4.69) is 0 Å². The number of hydrogen-bond acceptors (Lipinski definition) is 3. The third-order valence-electron chi connectivity index (χ3n) is 2.49. The van der Waals surface area contributed by atoms with Gasteiger partial charge in [0, 0.05) is 5.56 Å². The van der Waals surface area contributed by atoms with Crippen LogP contribution in [0.1, 0.15) is 25.8 Å². The van der Waals surface area contributed by atoms with Gasteiger partial charge in [0.2, 0.25) is 0 Å². The molecular formula is C13H14FNO2. The molecular weight excluding hydrogens is 221 g/mol. The fraction of sp³-hybridized carbons (Fsp3) is 0.385. The average molecular weight is 235 g/mol. The number of nitriles is 1. The molecule has 0 radical (unpaired) electrons. The molecule has 90 valence electrons. The van der Waals surface area contributed by atoms with E-state index in [-0.39, 0.29) is 5.56 Å². The van der Waals surface area contributed by atoms with E-state index in [0.29, 0.717) is 6.42 Å². The molecule has 4 heteroatoms. The van der Waals surface area contributed by atoms with E-state index < -0.39 is 17.7 Å². The molecule has 1 rings (SSSR count). The second kappa shape index (κ2) is 5.44. The maximum absolute atomic E-state index is 14.3. The molecule has 0 aliphatic heterocycles. The number of carbonyl (C=O) groups excluding carboxylic acids is 1. The van der Waals surface area contributed by atoms with E-state index >= 15 is 0 Å². The molecule has 1 aromatic carbocycles. The summed E-state index contributed by atoms with van der Waals surface area (Å²) in [5.74, 6) is -1.15. The van der Waals surface area contributed by atoms with Gasteiger partial charge in [-0.05, 0) is 13.3 Å². The summed E-state index contributed by atoms with van der Waals surface area (Å²) in [5.41, 5.74) is -2.74. The van der Waals surface area contributed by atoms with Crippen LogP contribution in [0.4, 0.5) is 4.39 Å². The molecule has 0 fully saturated rings. The number of rotatable bonds is 4. The van der Waals surface area contributed by atoms with Crippen molar-refractivity contribution in [2.75, 3.05) is 0 Å². The largest absolute Gasteiger partial charge is 0.459 e.